The number of rotatable bonds is 1. The van der Waals surface area contributed by atoms with Crippen molar-refractivity contribution in [2.24, 2.45) is 23.7 Å². The van der Waals surface area contributed by atoms with Crippen LogP contribution in [0.3, 0.4) is 0 Å². The third kappa shape index (κ3) is 3.43. The van der Waals surface area contributed by atoms with E-state index in [0.717, 1.165) is 18.8 Å². The first-order chi connectivity index (χ1) is 11.8. The van der Waals surface area contributed by atoms with Crippen LogP contribution in [0.4, 0.5) is 5.69 Å². The normalized spacial score (nSPS) is 33.7. The molecule has 0 unspecified atom stereocenters. The molecule has 5 fully saturated rings. The van der Waals surface area contributed by atoms with Gasteiger partial charge in [-0.15, -0.1) is 0 Å². The number of nitrogens with one attached hydrogen (secondary N) is 1. The monoisotopic (exact) mass is 324 g/mol. The SMILES string of the molecule is C1C2CC3CC1CC(C2)C3.O=C=C1CNCCN1c1ccccc1. The van der Waals surface area contributed by atoms with Crippen LogP contribution in [0, 0.1) is 23.7 Å². The van der Waals surface area contributed by atoms with E-state index in [0.29, 0.717) is 12.2 Å². The van der Waals surface area contributed by atoms with Gasteiger partial charge >= 0.3 is 0 Å². The van der Waals surface area contributed by atoms with Crippen molar-refractivity contribution in [3.63, 3.8) is 0 Å². The predicted molar refractivity (Wildman–Crippen MR) is 97.5 cm³/mol. The van der Waals surface area contributed by atoms with E-state index in [1.54, 1.807) is 38.5 Å². The van der Waals surface area contributed by atoms with Crippen molar-refractivity contribution >= 4 is 11.6 Å². The maximum atomic E-state index is 10.7. The maximum absolute atomic E-state index is 10.7. The summed E-state index contributed by atoms with van der Waals surface area (Å²) in [5, 5.41) is 3.14. The van der Waals surface area contributed by atoms with Gasteiger partial charge in [-0.1, -0.05) is 18.2 Å². The molecule has 0 atom stereocenters. The first-order valence-corrected chi connectivity index (χ1v) is 9.59. The smallest absolute Gasteiger partial charge is 0.147 e. The minimum Gasteiger partial charge on any atom is -0.333 e. The number of anilines is 1. The van der Waals surface area contributed by atoms with Crippen molar-refractivity contribution < 1.29 is 4.79 Å². The fraction of sp³-hybridized carbons (Fsp3) is 0.619. The van der Waals surface area contributed by atoms with Crippen molar-refractivity contribution in [2.45, 2.75) is 38.5 Å². The van der Waals surface area contributed by atoms with E-state index in [4.69, 9.17) is 0 Å². The first kappa shape index (κ1) is 15.9. The summed E-state index contributed by atoms with van der Waals surface area (Å²) < 4.78 is 0. The maximum Gasteiger partial charge on any atom is 0.147 e. The average Bonchev–Trinajstić information content (AvgIpc) is 2.62. The van der Waals surface area contributed by atoms with E-state index in [1.807, 2.05) is 41.2 Å². The molecule has 4 aliphatic carbocycles. The summed E-state index contributed by atoms with van der Waals surface area (Å²) in [5.41, 5.74) is 1.75. The number of piperazine rings is 1. The molecule has 3 heteroatoms. The summed E-state index contributed by atoms with van der Waals surface area (Å²) in [5.74, 6) is 6.69. The second kappa shape index (κ2) is 7.13. The lowest BCUT2D eigenvalue weighted by atomic mass is 9.56. The van der Waals surface area contributed by atoms with Gasteiger partial charge in [-0.25, -0.2) is 4.79 Å². The molecule has 1 heterocycles. The Hall–Kier alpha value is -1.57. The standard InChI is InChI=1S/C11H12N2O.C10H16/c14-9-11-8-12-6-7-13(11)10-4-2-1-3-5-10;1-7-2-9-4-8(1)5-10(3-7)6-9/h1-5,12H,6-8H2;7-10H,1-6H2. The van der Waals surface area contributed by atoms with Crippen LogP contribution in [-0.4, -0.2) is 25.6 Å². The lowest BCUT2D eigenvalue weighted by Gasteiger charge is -2.49. The summed E-state index contributed by atoms with van der Waals surface area (Å²) >= 11 is 0. The van der Waals surface area contributed by atoms with Crippen LogP contribution in [0.5, 0.6) is 0 Å². The largest absolute Gasteiger partial charge is 0.333 e. The molecule has 0 amide bonds. The molecule has 4 saturated carbocycles. The zero-order valence-corrected chi connectivity index (χ0v) is 14.4. The molecule has 1 aromatic carbocycles. The molecule has 1 saturated heterocycles. The summed E-state index contributed by atoms with van der Waals surface area (Å²) in [6, 6.07) is 9.92. The molecular weight excluding hydrogens is 296 g/mol. The van der Waals surface area contributed by atoms with Crippen molar-refractivity contribution in [3.8, 4) is 0 Å². The number of hydrogen-bond donors (Lipinski definition) is 1. The van der Waals surface area contributed by atoms with E-state index < -0.39 is 0 Å². The molecule has 1 aliphatic heterocycles. The Morgan fingerprint density at radius 3 is 1.92 bits per heavy atom. The highest BCUT2D eigenvalue weighted by Crippen LogP contribution is 2.53. The Kier molecular flexibility index (Phi) is 4.73. The number of benzene rings is 1. The highest BCUT2D eigenvalue weighted by Gasteiger charge is 2.41. The van der Waals surface area contributed by atoms with Gasteiger partial charge in [-0.2, -0.15) is 0 Å². The molecular formula is C21H28N2O. The third-order valence-corrected chi connectivity index (χ3v) is 6.32. The van der Waals surface area contributed by atoms with Crippen LogP contribution < -0.4 is 10.2 Å². The van der Waals surface area contributed by atoms with E-state index in [1.165, 1.54) is 23.7 Å². The van der Waals surface area contributed by atoms with Crippen molar-refractivity contribution in [2.75, 3.05) is 24.5 Å². The molecule has 5 aliphatic rings. The number of nitrogens with zero attached hydrogens (tertiary/aromatic N) is 1. The molecule has 0 radical (unpaired) electrons. The van der Waals surface area contributed by atoms with Gasteiger partial charge in [0.15, 0.2) is 0 Å². The van der Waals surface area contributed by atoms with Gasteiger partial charge in [-0.05, 0) is 74.3 Å². The quantitative estimate of drug-likeness (QED) is 0.801. The Balaban J connectivity index is 0.000000127. The van der Waals surface area contributed by atoms with Crippen molar-refractivity contribution in [1.82, 2.24) is 5.32 Å². The Morgan fingerprint density at radius 2 is 1.42 bits per heavy atom. The fourth-order valence-electron chi connectivity index (χ4n) is 5.60. The van der Waals surface area contributed by atoms with Crippen LogP contribution in [0.2, 0.25) is 0 Å². The fourth-order valence-corrected chi connectivity index (χ4v) is 5.60. The highest BCUT2D eigenvalue weighted by atomic mass is 16.1. The second-order valence-electron chi connectivity index (χ2n) is 8.09. The molecule has 24 heavy (non-hydrogen) atoms. The molecule has 128 valence electrons. The average molecular weight is 324 g/mol. The summed E-state index contributed by atoms with van der Waals surface area (Å²) in [6.07, 6.45) is 9.62. The van der Waals surface area contributed by atoms with Crippen LogP contribution >= 0.6 is 0 Å². The Bertz CT molecular complexity index is 549. The van der Waals surface area contributed by atoms with Crippen LogP contribution in [0.15, 0.2) is 36.0 Å². The second-order valence-corrected chi connectivity index (χ2v) is 8.09. The third-order valence-electron chi connectivity index (χ3n) is 6.32. The number of carbonyl (C=O) groups excluding carboxylic acids is 1. The van der Waals surface area contributed by atoms with Gasteiger partial charge in [0.05, 0.1) is 0 Å². The van der Waals surface area contributed by atoms with Crippen LogP contribution in [-0.2, 0) is 4.79 Å². The minimum absolute atomic E-state index is 0.610. The van der Waals surface area contributed by atoms with E-state index in [-0.39, 0.29) is 0 Å². The molecule has 3 nitrogen and oxygen atoms in total. The van der Waals surface area contributed by atoms with Crippen LogP contribution in [0.25, 0.3) is 0 Å². The van der Waals surface area contributed by atoms with Gasteiger partial charge in [0.2, 0.25) is 0 Å². The summed E-state index contributed by atoms with van der Waals surface area (Å²) in [4.78, 5) is 12.7. The van der Waals surface area contributed by atoms with E-state index in [2.05, 4.69) is 5.32 Å². The van der Waals surface area contributed by atoms with Gasteiger partial charge in [0, 0.05) is 25.3 Å². The molecule has 0 aromatic heterocycles. The number of para-hydroxylation sites is 1. The zero-order chi connectivity index (χ0) is 16.4. The molecule has 4 bridgehead atoms. The highest BCUT2D eigenvalue weighted by molar-refractivity contribution is 5.65. The Labute approximate surface area is 145 Å². The lowest BCUT2D eigenvalue weighted by molar-refractivity contribution is 0.0198. The molecule has 6 rings (SSSR count). The summed E-state index contributed by atoms with van der Waals surface area (Å²) in [6.45, 7) is 2.34. The zero-order valence-electron chi connectivity index (χ0n) is 14.4. The topological polar surface area (TPSA) is 32.3 Å². The lowest BCUT2D eigenvalue weighted by Crippen LogP contribution is -2.42. The van der Waals surface area contributed by atoms with Crippen LogP contribution in [0.1, 0.15) is 38.5 Å². The first-order valence-electron chi connectivity index (χ1n) is 9.59. The molecule has 0 spiro atoms. The van der Waals surface area contributed by atoms with Gasteiger partial charge < -0.3 is 10.2 Å². The van der Waals surface area contributed by atoms with E-state index >= 15 is 0 Å². The van der Waals surface area contributed by atoms with E-state index in [9.17, 15) is 4.79 Å². The van der Waals surface area contributed by atoms with Gasteiger partial charge in [-0.3, -0.25) is 0 Å². The Morgan fingerprint density at radius 1 is 0.875 bits per heavy atom. The molecule has 1 N–H and O–H groups in total. The molecule has 1 aromatic rings. The summed E-state index contributed by atoms with van der Waals surface area (Å²) in [7, 11) is 0. The number of hydrogen-bond acceptors (Lipinski definition) is 3. The van der Waals surface area contributed by atoms with Crippen molar-refractivity contribution in [1.29, 1.82) is 0 Å². The van der Waals surface area contributed by atoms with Gasteiger partial charge in [0.1, 0.15) is 11.6 Å². The van der Waals surface area contributed by atoms with Crippen molar-refractivity contribution in [3.05, 3.63) is 36.0 Å². The predicted octanol–water partition coefficient (Wildman–Crippen LogP) is 3.64. The van der Waals surface area contributed by atoms with Gasteiger partial charge in [0.25, 0.3) is 0 Å². The minimum atomic E-state index is 0.610.